The molecule has 0 saturated carbocycles. The summed E-state index contributed by atoms with van der Waals surface area (Å²) in [5.41, 5.74) is 1.27. The molecule has 0 unspecified atom stereocenters. The minimum Gasteiger partial charge on any atom is -0.481 e. The van der Waals surface area contributed by atoms with Gasteiger partial charge in [-0.1, -0.05) is 0 Å². The van der Waals surface area contributed by atoms with Crippen LogP contribution in [0.1, 0.15) is 26.3 Å². The zero-order chi connectivity index (χ0) is 16.6. The Morgan fingerprint density at radius 1 is 1.30 bits per heavy atom. The summed E-state index contributed by atoms with van der Waals surface area (Å²) >= 11 is 0. The van der Waals surface area contributed by atoms with Gasteiger partial charge in [-0.15, -0.1) is 0 Å². The van der Waals surface area contributed by atoms with Crippen molar-refractivity contribution in [2.24, 2.45) is 0 Å². The lowest BCUT2D eigenvalue weighted by atomic mass is 10.00. The SMILES string of the molecule is CC(=O)Nc1ccc(=O)n(C2=CC(C)(C)Oc3cnccc32)c1. The number of nitrogens with zero attached hydrogens (tertiary/aromatic N) is 2. The molecule has 1 amide bonds. The molecule has 3 rings (SSSR count). The van der Waals surface area contributed by atoms with E-state index >= 15 is 0 Å². The Hall–Kier alpha value is -2.89. The normalized spacial score (nSPS) is 15.2. The van der Waals surface area contributed by atoms with E-state index < -0.39 is 5.60 Å². The fourth-order valence-corrected chi connectivity index (χ4v) is 2.54. The highest BCUT2D eigenvalue weighted by Gasteiger charge is 2.27. The van der Waals surface area contributed by atoms with Crippen LogP contribution in [-0.4, -0.2) is 21.1 Å². The monoisotopic (exact) mass is 311 g/mol. The van der Waals surface area contributed by atoms with E-state index in [-0.39, 0.29) is 11.5 Å². The van der Waals surface area contributed by atoms with Gasteiger partial charge < -0.3 is 10.1 Å². The minimum atomic E-state index is -0.575. The van der Waals surface area contributed by atoms with Crippen LogP contribution >= 0.6 is 0 Å². The van der Waals surface area contributed by atoms with Gasteiger partial charge in [0, 0.05) is 30.9 Å². The maximum absolute atomic E-state index is 12.3. The summed E-state index contributed by atoms with van der Waals surface area (Å²) in [5.74, 6) is 0.424. The standard InChI is InChI=1S/C17H17N3O3/c1-11(21)19-12-4-5-16(22)20(10-12)14-8-17(2,3)23-15-9-18-7-6-13(14)15/h4-10H,1-3H3,(H,19,21). The van der Waals surface area contributed by atoms with E-state index in [1.165, 1.54) is 17.6 Å². The van der Waals surface area contributed by atoms with Crippen molar-refractivity contribution in [1.82, 2.24) is 9.55 Å². The van der Waals surface area contributed by atoms with Crippen LogP contribution < -0.4 is 15.6 Å². The van der Waals surface area contributed by atoms with E-state index in [0.29, 0.717) is 17.1 Å². The highest BCUT2D eigenvalue weighted by Crippen LogP contribution is 2.35. The van der Waals surface area contributed by atoms with Crippen molar-refractivity contribution in [3.8, 4) is 5.75 Å². The topological polar surface area (TPSA) is 73.2 Å². The van der Waals surface area contributed by atoms with Gasteiger partial charge in [0.05, 0.1) is 17.6 Å². The van der Waals surface area contributed by atoms with Crippen molar-refractivity contribution in [2.75, 3.05) is 5.32 Å². The Morgan fingerprint density at radius 3 is 2.83 bits per heavy atom. The number of hydrogen-bond donors (Lipinski definition) is 1. The molecule has 0 saturated heterocycles. The molecular formula is C17H17N3O3. The molecule has 1 aliphatic heterocycles. The Balaban J connectivity index is 2.18. The second-order valence-corrected chi connectivity index (χ2v) is 5.91. The summed E-state index contributed by atoms with van der Waals surface area (Å²) in [7, 11) is 0. The van der Waals surface area contributed by atoms with E-state index in [9.17, 15) is 9.59 Å². The zero-order valence-electron chi connectivity index (χ0n) is 13.2. The second kappa shape index (κ2) is 5.39. The minimum absolute atomic E-state index is 0.189. The lowest BCUT2D eigenvalue weighted by molar-refractivity contribution is -0.114. The van der Waals surface area contributed by atoms with Crippen molar-refractivity contribution < 1.29 is 9.53 Å². The number of anilines is 1. The summed E-state index contributed by atoms with van der Waals surface area (Å²) in [5, 5.41) is 2.69. The number of rotatable bonds is 2. The lowest BCUT2D eigenvalue weighted by Gasteiger charge is -2.31. The van der Waals surface area contributed by atoms with Gasteiger partial charge in [-0.3, -0.25) is 19.1 Å². The summed E-state index contributed by atoms with van der Waals surface area (Å²) in [6.45, 7) is 5.24. The van der Waals surface area contributed by atoms with Crippen molar-refractivity contribution >= 4 is 17.3 Å². The summed E-state index contributed by atoms with van der Waals surface area (Å²) in [4.78, 5) is 27.7. The first-order chi connectivity index (χ1) is 10.9. The third kappa shape index (κ3) is 3.01. The number of fused-ring (bicyclic) bond motifs is 1. The van der Waals surface area contributed by atoms with Crippen LogP contribution in [0.5, 0.6) is 5.75 Å². The lowest BCUT2D eigenvalue weighted by Crippen LogP contribution is -2.32. The molecular weight excluding hydrogens is 294 g/mol. The van der Waals surface area contributed by atoms with E-state index in [2.05, 4.69) is 10.3 Å². The number of hydrogen-bond acceptors (Lipinski definition) is 4. The molecule has 0 bridgehead atoms. The maximum Gasteiger partial charge on any atom is 0.255 e. The molecule has 0 fully saturated rings. The predicted molar refractivity (Wildman–Crippen MR) is 87.3 cm³/mol. The molecule has 3 heterocycles. The van der Waals surface area contributed by atoms with Crippen molar-refractivity contribution in [1.29, 1.82) is 0 Å². The number of aromatic nitrogens is 2. The van der Waals surface area contributed by atoms with Gasteiger partial charge in [0.15, 0.2) is 0 Å². The van der Waals surface area contributed by atoms with E-state index in [4.69, 9.17) is 4.74 Å². The Bertz CT molecular complexity index is 865. The number of nitrogens with one attached hydrogen (secondary N) is 1. The van der Waals surface area contributed by atoms with E-state index in [1.807, 2.05) is 19.9 Å². The number of carbonyl (C=O) groups excluding carboxylic acids is 1. The molecule has 0 aromatic carbocycles. The first kappa shape index (κ1) is 15.0. The molecule has 0 radical (unpaired) electrons. The molecule has 6 heteroatoms. The smallest absolute Gasteiger partial charge is 0.255 e. The van der Waals surface area contributed by atoms with E-state index in [0.717, 1.165) is 5.56 Å². The molecule has 0 atom stereocenters. The van der Waals surface area contributed by atoms with Gasteiger partial charge >= 0.3 is 0 Å². The van der Waals surface area contributed by atoms with Crippen molar-refractivity contribution in [2.45, 2.75) is 26.4 Å². The zero-order valence-corrected chi connectivity index (χ0v) is 13.2. The predicted octanol–water partition coefficient (Wildman–Crippen LogP) is 2.26. The van der Waals surface area contributed by atoms with E-state index in [1.54, 1.807) is 30.7 Å². The van der Waals surface area contributed by atoms with Gasteiger partial charge in [0.1, 0.15) is 11.4 Å². The van der Waals surface area contributed by atoms with Crippen LogP contribution in [0.3, 0.4) is 0 Å². The number of amides is 1. The van der Waals surface area contributed by atoms with Gasteiger partial charge in [-0.25, -0.2) is 0 Å². The number of pyridine rings is 2. The first-order valence-electron chi connectivity index (χ1n) is 7.23. The molecule has 118 valence electrons. The molecule has 2 aromatic rings. The van der Waals surface area contributed by atoms with Crippen LogP contribution in [0.4, 0.5) is 5.69 Å². The average molecular weight is 311 g/mol. The molecule has 0 spiro atoms. The summed E-state index contributed by atoms with van der Waals surface area (Å²) < 4.78 is 7.39. The maximum atomic E-state index is 12.3. The van der Waals surface area contributed by atoms with Crippen LogP contribution in [0.15, 0.2) is 47.7 Å². The van der Waals surface area contributed by atoms with Crippen LogP contribution in [-0.2, 0) is 4.79 Å². The molecule has 6 nitrogen and oxygen atoms in total. The Kier molecular flexibility index (Phi) is 3.52. The second-order valence-electron chi connectivity index (χ2n) is 5.91. The molecule has 0 aliphatic carbocycles. The molecule has 1 N–H and O–H groups in total. The van der Waals surface area contributed by atoms with Crippen molar-refractivity contribution in [3.63, 3.8) is 0 Å². The van der Waals surface area contributed by atoms with Crippen LogP contribution in [0.25, 0.3) is 5.70 Å². The van der Waals surface area contributed by atoms with Crippen molar-refractivity contribution in [3.05, 3.63) is 58.8 Å². The quantitative estimate of drug-likeness (QED) is 0.923. The Morgan fingerprint density at radius 2 is 2.09 bits per heavy atom. The van der Waals surface area contributed by atoms with Crippen LogP contribution in [0.2, 0.25) is 0 Å². The highest BCUT2D eigenvalue weighted by molar-refractivity contribution is 5.88. The Labute approximate surface area is 133 Å². The average Bonchev–Trinajstić information content (AvgIpc) is 2.47. The number of carbonyl (C=O) groups is 1. The van der Waals surface area contributed by atoms with Gasteiger partial charge in [0.2, 0.25) is 5.91 Å². The first-order valence-corrected chi connectivity index (χ1v) is 7.23. The highest BCUT2D eigenvalue weighted by atomic mass is 16.5. The van der Waals surface area contributed by atoms with Crippen LogP contribution in [0, 0.1) is 0 Å². The fourth-order valence-electron chi connectivity index (χ4n) is 2.54. The number of ether oxygens (including phenoxy) is 1. The molecule has 23 heavy (non-hydrogen) atoms. The van der Waals surface area contributed by atoms with Gasteiger partial charge in [-0.2, -0.15) is 0 Å². The third-order valence-electron chi connectivity index (χ3n) is 3.41. The molecule has 1 aliphatic rings. The fraction of sp³-hybridized carbons (Fsp3) is 0.235. The third-order valence-corrected chi connectivity index (χ3v) is 3.41. The molecule has 2 aromatic heterocycles. The summed E-state index contributed by atoms with van der Waals surface area (Å²) in [6.07, 6.45) is 6.78. The summed E-state index contributed by atoms with van der Waals surface area (Å²) in [6, 6.07) is 4.81. The van der Waals surface area contributed by atoms with Gasteiger partial charge in [-0.05, 0) is 32.1 Å². The van der Waals surface area contributed by atoms with Gasteiger partial charge in [0.25, 0.3) is 5.56 Å². The largest absolute Gasteiger partial charge is 0.481 e.